The van der Waals surface area contributed by atoms with Crippen LogP contribution in [0.15, 0.2) is 42.9 Å². The second-order valence-corrected chi connectivity index (χ2v) is 10.2. The quantitative estimate of drug-likeness (QED) is 0.453. The van der Waals surface area contributed by atoms with E-state index < -0.39 is 16.4 Å². The molecular formula is C23H25ClN6O3S. The maximum atomic E-state index is 13.2. The van der Waals surface area contributed by atoms with Gasteiger partial charge in [-0.25, -0.2) is 19.2 Å². The van der Waals surface area contributed by atoms with E-state index in [9.17, 15) is 9.00 Å². The first-order valence-electron chi connectivity index (χ1n) is 10.8. The van der Waals surface area contributed by atoms with Gasteiger partial charge in [-0.05, 0) is 51.8 Å². The predicted octanol–water partition coefficient (Wildman–Crippen LogP) is 4.14. The molecule has 1 aliphatic carbocycles. The summed E-state index contributed by atoms with van der Waals surface area (Å²) in [4.78, 5) is 30.3. The fourth-order valence-electron chi connectivity index (χ4n) is 3.09. The molecule has 0 spiro atoms. The van der Waals surface area contributed by atoms with Gasteiger partial charge < -0.3 is 10.1 Å². The van der Waals surface area contributed by atoms with Crippen molar-refractivity contribution in [2.24, 2.45) is 0 Å². The zero-order valence-corrected chi connectivity index (χ0v) is 20.6. The van der Waals surface area contributed by atoms with E-state index in [0.717, 1.165) is 18.4 Å². The van der Waals surface area contributed by atoms with Crippen LogP contribution in [0, 0.1) is 0 Å². The molecule has 4 rings (SSSR count). The monoisotopic (exact) mass is 500 g/mol. The van der Waals surface area contributed by atoms with Crippen LogP contribution in [0.3, 0.4) is 0 Å². The number of aromatic nitrogens is 4. The molecule has 0 radical (unpaired) electrons. The Morgan fingerprint density at radius 3 is 2.74 bits per heavy atom. The lowest BCUT2D eigenvalue weighted by Gasteiger charge is -2.23. The highest BCUT2D eigenvalue weighted by Gasteiger charge is 2.33. The maximum Gasteiger partial charge on any atom is 0.236 e. The molecule has 0 bridgehead atoms. The summed E-state index contributed by atoms with van der Waals surface area (Å²) in [5.41, 5.74) is 1.30. The van der Waals surface area contributed by atoms with Crippen LogP contribution < -0.4 is 14.8 Å². The number of carbonyl (C=O) groups excluding carboxylic acids is 1. The molecule has 1 aromatic carbocycles. The summed E-state index contributed by atoms with van der Waals surface area (Å²) in [6.07, 6.45) is 6.56. The average Bonchev–Trinajstić information content (AvgIpc) is 3.67. The number of nitrogens with one attached hydrogen (secondary N) is 2. The predicted molar refractivity (Wildman–Crippen MR) is 132 cm³/mol. The fraction of sp³-hybridized carbons (Fsp3) is 0.348. The molecule has 1 atom stereocenters. The number of nitrogens with zero attached hydrogens (tertiary/aromatic N) is 4. The average molecular weight is 501 g/mol. The first-order valence-corrected chi connectivity index (χ1v) is 12.4. The molecule has 2 heterocycles. The number of hydrogen-bond donors (Lipinski definition) is 2. The lowest BCUT2D eigenvalue weighted by Crippen LogP contribution is -2.36. The number of carbonyl (C=O) groups is 1. The van der Waals surface area contributed by atoms with E-state index in [-0.39, 0.29) is 17.1 Å². The lowest BCUT2D eigenvalue weighted by molar-refractivity contribution is -0.120. The van der Waals surface area contributed by atoms with Crippen LogP contribution in [-0.4, -0.2) is 41.9 Å². The molecule has 0 saturated heterocycles. The zero-order chi connectivity index (χ0) is 24.3. The minimum Gasteiger partial charge on any atom is -0.477 e. The molecule has 1 amide bonds. The van der Waals surface area contributed by atoms with Gasteiger partial charge in [-0.2, -0.15) is 0 Å². The molecule has 1 aliphatic rings. The summed E-state index contributed by atoms with van der Waals surface area (Å²) in [6, 6.07) is 6.89. The number of ether oxygens (including phenoxy) is 1. The minimum absolute atomic E-state index is 0.140. The molecule has 1 saturated carbocycles. The van der Waals surface area contributed by atoms with Crippen LogP contribution in [0.5, 0.6) is 5.88 Å². The van der Waals surface area contributed by atoms with E-state index in [0.29, 0.717) is 34.6 Å². The van der Waals surface area contributed by atoms with Crippen LogP contribution >= 0.6 is 11.6 Å². The standard InChI is InChI=1S/C23H25ClN6O3S/c1-4-33-20-13-25-12-18(27-20)14-5-8-17(16(24)11-14)28-21(31)23(2,3)19-9-10-26-22(29-19)30-34(32)15-6-7-15/h5,8-13,15H,4,6-7H2,1-3H3,(H,28,31)(H,26,29,30). The van der Waals surface area contributed by atoms with Gasteiger partial charge in [0.2, 0.25) is 17.7 Å². The summed E-state index contributed by atoms with van der Waals surface area (Å²) in [7, 11) is -1.22. The van der Waals surface area contributed by atoms with Gasteiger partial charge in [0.25, 0.3) is 0 Å². The van der Waals surface area contributed by atoms with Gasteiger partial charge in [-0.1, -0.05) is 17.7 Å². The highest BCUT2D eigenvalue weighted by molar-refractivity contribution is 7.87. The molecule has 9 nitrogen and oxygen atoms in total. The first-order chi connectivity index (χ1) is 16.3. The van der Waals surface area contributed by atoms with Crippen LogP contribution in [0.1, 0.15) is 39.3 Å². The van der Waals surface area contributed by atoms with Crippen molar-refractivity contribution in [3.05, 3.63) is 53.6 Å². The maximum absolute atomic E-state index is 13.2. The van der Waals surface area contributed by atoms with Crippen molar-refractivity contribution in [2.75, 3.05) is 16.6 Å². The van der Waals surface area contributed by atoms with Crippen LogP contribution in [0.2, 0.25) is 5.02 Å². The molecule has 178 valence electrons. The Balaban J connectivity index is 1.49. The van der Waals surface area contributed by atoms with E-state index >= 15 is 0 Å². The van der Waals surface area contributed by atoms with Crippen LogP contribution in [-0.2, 0) is 21.2 Å². The number of hydrogen-bond acceptors (Lipinski definition) is 7. The highest BCUT2D eigenvalue weighted by atomic mass is 35.5. The van der Waals surface area contributed by atoms with E-state index in [4.69, 9.17) is 16.3 Å². The Bertz CT molecular complexity index is 1230. The van der Waals surface area contributed by atoms with Gasteiger partial charge in [-0.15, -0.1) is 0 Å². The molecule has 3 aromatic rings. The molecule has 2 N–H and O–H groups in total. The largest absolute Gasteiger partial charge is 0.477 e. The molecule has 0 aliphatic heterocycles. The van der Waals surface area contributed by atoms with Gasteiger partial charge in [-0.3, -0.25) is 14.5 Å². The van der Waals surface area contributed by atoms with E-state index in [1.54, 1.807) is 56.7 Å². The van der Waals surface area contributed by atoms with Crippen molar-refractivity contribution in [1.29, 1.82) is 0 Å². The van der Waals surface area contributed by atoms with E-state index in [1.807, 2.05) is 6.92 Å². The minimum atomic E-state index is -1.22. The summed E-state index contributed by atoms with van der Waals surface area (Å²) < 4.78 is 20.4. The normalized spacial score (nSPS) is 14.4. The molecular weight excluding hydrogens is 476 g/mol. The number of halogens is 1. The summed E-state index contributed by atoms with van der Waals surface area (Å²) in [5.74, 6) is 0.365. The number of benzene rings is 1. The Morgan fingerprint density at radius 2 is 2.03 bits per heavy atom. The Labute approximate surface area is 205 Å². The molecule has 1 fully saturated rings. The third kappa shape index (κ3) is 5.51. The van der Waals surface area contributed by atoms with E-state index in [2.05, 4.69) is 30.0 Å². The SMILES string of the molecule is CCOc1cncc(-c2ccc(NC(=O)C(C)(C)c3ccnc(NS(=O)C4CC4)n3)c(Cl)c2)n1. The third-order valence-corrected chi connectivity index (χ3v) is 7.07. The lowest BCUT2D eigenvalue weighted by atomic mass is 9.88. The summed E-state index contributed by atoms with van der Waals surface area (Å²) in [6.45, 7) is 5.87. The van der Waals surface area contributed by atoms with Crippen LogP contribution in [0.25, 0.3) is 11.3 Å². The van der Waals surface area contributed by atoms with Crippen molar-refractivity contribution in [3.63, 3.8) is 0 Å². The molecule has 1 unspecified atom stereocenters. The van der Waals surface area contributed by atoms with Gasteiger partial charge in [0.05, 0.1) is 51.8 Å². The second kappa shape index (κ2) is 10.0. The van der Waals surface area contributed by atoms with E-state index in [1.165, 1.54) is 0 Å². The van der Waals surface area contributed by atoms with Gasteiger partial charge >= 0.3 is 0 Å². The van der Waals surface area contributed by atoms with Gasteiger partial charge in [0.15, 0.2) is 0 Å². The molecule has 34 heavy (non-hydrogen) atoms. The number of amides is 1. The fourth-order valence-corrected chi connectivity index (χ4v) is 4.32. The Kier molecular flexibility index (Phi) is 7.08. The summed E-state index contributed by atoms with van der Waals surface area (Å²) >= 11 is 6.47. The van der Waals surface area contributed by atoms with Gasteiger partial charge in [0, 0.05) is 11.8 Å². The Morgan fingerprint density at radius 1 is 1.24 bits per heavy atom. The van der Waals surface area contributed by atoms with Crippen molar-refractivity contribution >= 4 is 40.1 Å². The second-order valence-electron chi connectivity index (χ2n) is 8.31. The van der Waals surface area contributed by atoms with Crippen LogP contribution in [0.4, 0.5) is 11.6 Å². The molecule has 11 heteroatoms. The Hall–Kier alpha value is -3.11. The number of anilines is 2. The van der Waals surface area contributed by atoms with Crippen molar-refractivity contribution in [2.45, 2.75) is 44.3 Å². The van der Waals surface area contributed by atoms with Crippen molar-refractivity contribution in [3.8, 4) is 17.1 Å². The topological polar surface area (TPSA) is 119 Å². The van der Waals surface area contributed by atoms with Gasteiger partial charge in [0.1, 0.15) is 11.0 Å². The first kappa shape index (κ1) is 24.0. The van der Waals surface area contributed by atoms with Crippen molar-refractivity contribution < 1.29 is 13.7 Å². The van der Waals surface area contributed by atoms with Crippen molar-refractivity contribution in [1.82, 2.24) is 19.9 Å². The molecule has 2 aromatic heterocycles. The highest BCUT2D eigenvalue weighted by Crippen LogP contribution is 2.31. The third-order valence-electron chi connectivity index (χ3n) is 5.30. The smallest absolute Gasteiger partial charge is 0.236 e. The zero-order valence-electron chi connectivity index (χ0n) is 19.0. The summed E-state index contributed by atoms with van der Waals surface area (Å²) in [5, 5.41) is 3.37. The number of rotatable bonds is 9.